The van der Waals surface area contributed by atoms with E-state index >= 15 is 0 Å². The van der Waals surface area contributed by atoms with Crippen LogP contribution in [0, 0.1) is 5.92 Å². The maximum absolute atomic E-state index is 12.1. The third kappa shape index (κ3) is 9.15. The average molecular weight is 603 g/mol. The predicted octanol–water partition coefficient (Wildman–Crippen LogP) is 7.08. The van der Waals surface area contributed by atoms with Gasteiger partial charge in [0.15, 0.2) is 0 Å². The summed E-state index contributed by atoms with van der Waals surface area (Å²) in [5.74, 6) is 0.312. The van der Waals surface area contributed by atoms with Crippen LogP contribution in [-0.4, -0.2) is 48.6 Å². The summed E-state index contributed by atoms with van der Waals surface area (Å²) >= 11 is 0. The fraction of sp³-hybridized carbons (Fsp3) is 0.526. The van der Waals surface area contributed by atoms with Crippen molar-refractivity contribution in [2.45, 2.75) is 95.3 Å². The molecule has 6 heteroatoms. The van der Waals surface area contributed by atoms with E-state index in [1.165, 1.54) is 73.6 Å². The summed E-state index contributed by atoms with van der Waals surface area (Å²) in [5, 5.41) is 18.4. The van der Waals surface area contributed by atoms with Crippen molar-refractivity contribution in [2.75, 3.05) is 26.4 Å². The van der Waals surface area contributed by atoms with Crippen molar-refractivity contribution in [3.63, 3.8) is 0 Å². The van der Waals surface area contributed by atoms with Gasteiger partial charge in [-0.3, -0.25) is 0 Å². The van der Waals surface area contributed by atoms with Gasteiger partial charge in [-0.25, -0.2) is 9.59 Å². The van der Waals surface area contributed by atoms with E-state index in [-0.39, 0.29) is 24.4 Å². The van der Waals surface area contributed by atoms with Crippen molar-refractivity contribution in [1.82, 2.24) is 0 Å². The summed E-state index contributed by atoms with van der Waals surface area (Å²) in [5.41, 5.74) is 6.30. The monoisotopic (exact) mass is 602 g/mol. The third-order valence-corrected chi connectivity index (χ3v) is 9.66. The zero-order chi connectivity index (χ0) is 31.5. The molecule has 0 heterocycles. The molecule has 0 saturated heterocycles. The highest BCUT2D eigenvalue weighted by atomic mass is 16.5. The second kappa shape index (κ2) is 16.7. The fourth-order valence-corrected chi connectivity index (χ4v) is 6.75. The molecule has 1 fully saturated rings. The molecule has 2 aromatic carbocycles. The fourth-order valence-electron chi connectivity index (χ4n) is 6.75. The first-order chi connectivity index (χ1) is 21.3. The van der Waals surface area contributed by atoms with E-state index in [1.807, 2.05) is 6.07 Å². The van der Waals surface area contributed by atoms with Gasteiger partial charge in [0.05, 0.1) is 30.3 Å². The molecule has 0 bridgehead atoms. The Kier molecular flexibility index (Phi) is 12.8. The summed E-state index contributed by atoms with van der Waals surface area (Å²) in [4.78, 5) is 24.3. The second-order valence-electron chi connectivity index (χ2n) is 12.8. The highest BCUT2D eigenvalue weighted by Gasteiger charge is 2.25. The number of aryl methyl sites for hydroxylation is 1. The number of hydrogen-bond donors (Lipinski definition) is 2. The quantitative estimate of drug-likeness (QED) is 0.129. The molecule has 1 saturated carbocycles. The van der Waals surface area contributed by atoms with Crippen molar-refractivity contribution >= 4 is 11.9 Å². The first-order valence-electron chi connectivity index (χ1n) is 16.5. The lowest BCUT2D eigenvalue weighted by Gasteiger charge is -2.30. The van der Waals surface area contributed by atoms with Crippen LogP contribution in [0.1, 0.15) is 110 Å². The molecular formula is C38H50O6. The van der Waals surface area contributed by atoms with Crippen molar-refractivity contribution < 1.29 is 29.3 Å². The van der Waals surface area contributed by atoms with Gasteiger partial charge in [0.1, 0.15) is 13.2 Å². The summed E-state index contributed by atoms with van der Waals surface area (Å²) in [7, 11) is 0. The van der Waals surface area contributed by atoms with Crippen molar-refractivity contribution in [3.8, 4) is 0 Å². The Morgan fingerprint density at radius 1 is 0.795 bits per heavy atom. The molecule has 0 aliphatic heterocycles. The molecule has 0 spiro atoms. The first kappa shape index (κ1) is 33.7. The second-order valence-corrected chi connectivity index (χ2v) is 12.8. The van der Waals surface area contributed by atoms with Gasteiger partial charge in [0.2, 0.25) is 0 Å². The first-order valence-corrected chi connectivity index (χ1v) is 16.5. The summed E-state index contributed by atoms with van der Waals surface area (Å²) in [6.45, 7) is 8.26. The minimum atomic E-state index is -0.689. The number of hydrogen-bond acceptors (Lipinski definition) is 6. The maximum Gasteiger partial charge on any atom is 0.335 e. The molecule has 1 unspecified atom stereocenters. The zero-order valence-electron chi connectivity index (χ0n) is 26.4. The van der Waals surface area contributed by atoms with Crippen LogP contribution in [0.15, 0.2) is 66.8 Å². The molecule has 2 N–H and O–H groups in total. The van der Waals surface area contributed by atoms with Crippen LogP contribution in [0.3, 0.4) is 0 Å². The predicted molar refractivity (Wildman–Crippen MR) is 174 cm³/mol. The Morgan fingerprint density at radius 3 is 1.95 bits per heavy atom. The lowest BCUT2D eigenvalue weighted by atomic mass is 9.76. The van der Waals surface area contributed by atoms with E-state index in [0.717, 1.165) is 30.7 Å². The van der Waals surface area contributed by atoms with Gasteiger partial charge in [-0.2, -0.15) is 0 Å². The molecular weight excluding hydrogens is 552 g/mol. The molecule has 0 radical (unpaired) electrons. The molecule has 0 aromatic heterocycles. The highest BCUT2D eigenvalue weighted by molar-refractivity contribution is 5.88. The number of rotatable bonds is 15. The topological polar surface area (TPSA) is 93.1 Å². The van der Waals surface area contributed by atoms with Gasteiger partial charge >= 0.3 is 11.9 Å². The van der Waals surface area contributed by atoms with E-state index in [0.29, 0.717) is 11.8 Å². The highest BCUT2D eigenvalue weighted by Crippen LogP contribution is 2.39. The number of fused-ring (bicyclic) bond motifs is 1. The summed E-state index contributed by atoms with van der Waals surface area (Å²) < 4.78 is 10.7. The van der Waals surface area contributed by atoms with Gasteiger partial charge in [0.25, 0.3) is 0 Å². The molecule has 238 valence electrons. The number of aliphatic hydroxyl groups excluding tert-OH is 2. The maximum atomic E-state index is 12.1. The molecule has 2 aliphatic rings. The van der Waals surface area contributed by atoms with Crippen molar-refractivity contribution in [3.05, 3.63) is 94.6 Å². The molecule has 4 rings (SSSR count). The van der Waals surface area contributed by atoms with Crippen LogP contribution < -0.4 is 0 Å². The van der Waals surface area contributed by atoms with E-state index < -0.39 is 31.1 Å². The normalized spacial score (nSPS) is 19.7. The number of carbonyl (C=O) groups excluding carboxylic acids is 2. The van der Waals surface area contributed by atoms with Gasteiger partial charge in [-0.05, 0) is 90.5 Å². The Balaban J connectivity index is 1.37. The Labute approximate surface area is 263 Å². The van der Waals surface area contributed by atoms with Crippen LogP contribution in [0.25, 0.3) is 0 Å². The Morgan fingerprint density at radius 2 is 1.39 bits per heavy atom. The summed E-state index contributed by atoms with van der Waals surface area (Å²) in [6, 6.07) is 15.7. The van der Waals surface area contributed by atoms with Crippen LogP contribution in [0.4, 0.5) is 0 Å². The Bertz CT molecular complexity index is 1240. The van der Waals surface area contributed by atoms with E-state index in [2.05, 4.69) is 56.5 Å². The van der Waals surface area contributed by atoms with E-state index in [9.17, 15) is 19.8 Å². The minimum absolute atomic E-state index is 0.0367. The number of esters is 2. The molecule has 2 aliphatic carbocycles. The standard InChI is InChI=1S/C38H50O6/c1-4-5-6-7-28-8-10-29(11-9-28)30-12-14-31(15-13-30)32-16-17-34-21-35(19-18-33(34)20-32)36(24-43-37(41)26(2)22-39)25-44-38(42)27(3)23-40/h12-15,18-19,21,28-29,32,36,39-40H,2-11,16-17,20,22-25H2,1H3. The van der Waals surface area contributed by atoms with Gasteiger partial charge in [-0.15, -0.1) is 0 Å². The lowest BCUT2D eigenvalue weighted by molar-refractivity contribution is -0.142. The number of carbonyl (C=O) groups is 2. The van der Waals surface area contributed by atoms with Gasteiger partial charge < -0.3 is 19.7 Å². The summed E-state index contributed by atoms with van der Waals surface area (Å²) in [6.07, 6.45) is 13.8. The zero-order valence-corrected chi connectivity index (χ0v) is 26.4. The molecule has 1 atom stereocenters. The molecule has 2 aromatic rings. The number of ether oxygens (including phenoxy) is 2. The smallest absolute Gasteiger partial charge is 0.335 e. The lowest BCUT2D eigenvalue weighted by Crippen LogP contribution is -2.22. The van der Waals surface area contributed by atoms with Gasteiger partial charge in [-0.1, -0.05) is 88.2 Å². The molecule has 44 heavy (non-hydrogen) atoms. The number of aliphatic hydroxyl groups is 2. The van der Waals surface area contributed by atoms with Crippen LogP contribution in [0.2, 0.25) is 0 Å². The number of unbranched alkanes of at least 4 members (excludes halogenated alkanes) is 2. The van der Waals surface area contributed by atoms with Crippen LogP contribution in [-0.2, 0) is 31.9 Å². The molecule has 6 nitrogen and oxygen atoms in total. The van der Waals surface area contributed by atoms with Gasteiger partial charge in [0, 0.05) is 0 Å². The van der Waals surface area contributed by atoms with Crippen LogP contribution >= 0.6 is 0 Å². The minimum Gasteiger partial charge on any atom is -0.461 e. The van der Waals surface area contributed by atoms with Crippen LogP contribution in [0.5, 0.6) is 0 Å². The van der Waals surface area contributed by atoms with E-state index in [1.54, 1.807) is 0 Å². The van der Waals surface area contributed by atoms with E-state index in [4.69, 9.17) is 9.47 Å². The number of benzene rings is 2. The van der Waals surface area contributed by atoms with Crippen molar-refractivity contribution in [1.29, 1.82) is 0 Å². The Hall–Kier alpha value is -3.22. The molecule has 0 amide bonds. The van der Waals surface area contributed by atoms with Crippen molar-refractivity contribution in [2.24, 2.45) is 5.92 Å². The third-order valence-electron chi connectivity index (χ3n) is 9.66. The SMILES string of the molecule is C=C(CO)C(=O)OCC(COC(=O)C(=C)CO)c1ccc2c(c1)CCC(c1ccc(C3CCC(CCCCC)CC3)cc1)C2. The average Bonchev–Trinajstić information content (AvgIpc) is 3.07. The largest absolute Gasteiger partial charge is 0.461 e.